The van der Waals surface area contributed by atoms with Gasteiger partial charge in [0, 0.05) is 14.9 Å². The molecule has 1 aromatic carbocycles. The number of benzene rings is 1. The maximum atomic E-state index is 11.9. The minimum atomic E-state index is -0.698. The van der Waals surface area contributed by atoms with Crippen molar-refractivity contribution in [1.29, 1.82) is 0 Å². The molecule has 0 saturated heterocycles. The Morgan fingerprint density at radius 3 is 2.16 bits per heavy atom. The SMILES string of the molecule is Cc1nc(C(C)C)c(Sc2cc(Cl)cc(Cl)c2)n1COCCOC(=O)CCC(=O)OCOC(=O)C(C)(C)C. The van der Waals surface area contributed by atoms with E-state index in [9.17, 15) is 14.4 Å². The van der Waals surface area contributed by atoms with Gasteiger partial charge in [0.25, 0.3) is 0 Å². The molecule has 12 heteroatoms. The molecule has 1 aromatic heterocycles. The average molecular weight is 590 g/mol. The second kappa shape index (κ2) is 14.8. The smallest absolute Gasteiger partial charge is 0.314 e. The summed E-state index contributed by atoms with van der Waals surface area (Å²) in [5.41, 5.74) is 0.231. The van der Waals surface area contributed by atoms with Gasteiger partial charge in [-0.1, -0.05) is 48.8 Å². The molecule has 0 N–H and O–H groups in total. The Balaban J connectivity index is 1.78. The van der Waals surface area contributed by atoms with E-state index in [-0.39, 0.29) is 38.7 Å². The lowest BCUT2D eigenvalue weighted by atomic mass is 9.98. The molecule has 0 aliphatic rings. The second-order valence-corrected chi connectivity index (χ2v) is 11.6. The predicted octanol–water partition coefficient (Wildman–Crippen LogP) is 6.16. The maximum absolute atomic E-state index is 11.9. The highest BCUT2D eigenvalue weighted by atomic mass is 35.5. The van der Waals surface area contributed by atoms with Gasteiger partial charge in [0.1, 0.15) is 24.2 Å². The van der Waals surface area contributed by atoms with Gasteiger partial charge in [-0.25, -0.2) is 4.98 Å². The fourth-order valence-electron chi connectivity index (χ4n) is 2.99. The molecule has 0 saturated carbocycles. The molecule has 9 nitrogen and oxygen atoms in total. The summed E-state index contributed by atoms with van der Waals surface area (Å²) in [4.78, 5) is 40.9. The molecular formula is C26H34Cl2N2O7S. The number of hydrogen-bond donors (Lipinski definition) is 0. The molecule has 0 atom stereocenters. The number of halogens is 2. The van der Waals surface area contributed by atoms with Gasteiger partial charge in [0.2, 0.25) is 6.79 Å². The van der Waals surface area contributed by atoms with Gasteiger partial charge < -0.3 is 18.9 Å². The minimum absolute atomic E-state index is 0.0221. The summed E-state index contributed by atoms with van der Waals surface area (Å²) in [6.45, 7) is 11.0. The summed E-state index contributed by atoms with van der Waals surface area (Å²) in [6, 6.07) is 5.35. The van der Waals surface area contributed by atoms with Gasteiger partial charge in [0.05, 0.1) is 30.6 Å². The zero-order chi connectivity index (χ0) is 28.5. The first kappa shape index (κ1) is 31.9. The molecule has 0 aliphatic carbocycles. The second-order valence-electron chi connectivity index (χ2n) is 9.71. The van der Waals surface area contributed by atoms with Gasteiger partial charge in [-0.2, -0.15) is 0 Å². The predicted molar refractivity (Wildman–Crippen MR) is 144 cm³/mol. The average Bonchev–Trinajstić information content (AvgIpc) is 3.11. The number of aryl methyl sites for hydroxylation is 1. The van der Waals surface area contributed by atoms with Crippen LogP contribution in [-0.4, -0.2) is 47.5 Å². The molecule has 0 bridgehead atoms. The van der Waals surface area contributed by atoms with Crippen LogP contribution in [0.4, 0.5) is 0 Å². The molecule has 0 fully saturated rings. The van der Waals surface area contributed by atoms with Crippen LogP contribution >= 0.6 is 35.0 Å². The molecule has 2 rings (SSSR count). The number of ether oxygens (including phenoxy) is 4. The highest BCUT2D eigenvalue weighted by molar-refractivity contribution is 7.99. The molecular weight excluding hydrogens is 555 g/mol. The Morgan fingerprint density at radius 1 is 0.974 bits per heavy atom. The topological polar surface area (TPSA) is 106 Å². The highest BCUT2D eigenvalue weighted by Crippen LogP contribution is 2.37. The van der Waals surface area contributed by atoms with E-state index in [1.807, 2.05) is 23.6 Å². The monoisotopic (exact) mass is 588 g/mol. The number of aromatic nitrogens is 2. The summed E-state index contributed by atoms with van der Waals surface area (Å²) in [5, 5.41) is 2.01. The van der Waals surface area contributed by atoms with Crippen molar-refractivity contribution >= 4 is 52.9 Å². The van der Waals surface area contributed by atoms with Crippen LogP contribution in [-0.2, 0) is 40.1 Å². The first-order valence-electron chi connectivity index (χ1n) is 12.0. The quantitative estimate of drug-likeness (QED) is 0.154. The van der Waals surface area contributed by atoms with Crippen LogP contribution in [0.3, 0.4) is 0 Å². The lowest BCUT2D eigenvalue weighted by Crippen LogP contribution is -2.24. The van der Waals surface area contributed by atoms with E-state index in [0.717, 1.165) is 21.4 Å². The van der Waals surface area contributed by atoms with E-state index in [2.05, 4.69) is 13.8 Å². The van der Waals surface area contributed by atoms with E-state index in [0.29, 0.717) is 10.0 Å². The van der Waals surface area contributed by atoms with Gasteiger partial charge in [-0.05, 0) is 51.8 Å². The number of carbonyl (C=O) groups excluding carboxylic acids is 3. The number of carbonyl (C=O) groups is 3. The fraction of sp³-hybridized carbons (Fsp3) is 0.538. The molecule has 0 spiro atoms. The summed E-state index contributed by atoms with van der Waals surface area (Å²) in [6.07, 6.45) is -0.347. The number of rotatable bonds is 13. The third-order valence-corrected chi connectivity index (χ3v) is 6.53. The number of imidazole rings is 1. The number of hydrogen-bond acceptors (Lipinski definition) is 9. The Hall–Kier alpha value is -2.27. The summed E-state index contributed by atoms with van der Waals surface area (Å²) in [7, 11) is 0. The number of nitrogens with zero attached hydrogens (tertiary/aromatic N) is 2. The van der Waals surface area contributed by atoms with Crippen LogP contribution in [0.5, 0.6) is 0 Å². The highest BCUT2D eigenvalue weighted by Gasteiger charge is 2.23. The lowest BCUT2D eigenvalue weighted by molar-refractivity contribution is -0.174. The van der Waals surface area contributed by atoms with Gasteiger partial charge in [-0.3, -0.25) is 19.0 Å². The van der Waals surface area contributed by atoms with E-state index < -0.39 is 30.1 Å². The summed E-state index contributed by atoms with van der Waals surface area (Å²) in [5.74, 6) is -0.747. The molecule has 210 valence electrons. The zero-order valence-electron chi connectivity index (χ0n) is 22.5. The van der Waals surface area contributed by atoms with Crippen molar-refractivity contribution in [2.45, 2.75) is 77.0 Å². The summed E-state index contributed by atoms with van der Waals surface area (Å²) < 4.78 is 22.5. The van der Waals surface area contributed by atoms with E-state index >= 15 is 0 Å². The van der Waals surface area contributed by atoms with Crippen molar-refractivity contribution in [3.8, 4) is 0 Å². The molecule has 38 heavy (non-hydrogen) atoms. The van der Waals surface area contributed by atoms with Crippen LogP contribution in [0.1, 0.15) is 64.9 Å². The van der Waals surface area contributed by atoms with Crippen LogP contribution in [0.15, 0.2) is 28.1 Å². The number of esters is 3. The van der Waals surface area contributed by atoms with Crippen molar-refractivity contribution in [1.82, 2.24) is 9.55 Å². The third-order valence-electron chi connectivity index (χ3n) is 5.00. The minimum Gasteiger partial charge on any atom is -0.463 e. The van der Waals surface area contributed by atoms with Crippen molar-refractivity contribution in [2.75, 3.05) is 20.0 Å². The molecule has 0 aliphatic heterocycles. The molecule has 0 radical (unpaired) electrons. The lowest BCUT2D eigenvalue weighted by Gasteiger charge is -2.16. The van der Waals surface area contributed by atoms with Crippen LogP contribution in [0.2, 0.25) is 10.0 Å². The maximum Gasteiger partial charge on any atom is 0.314 e. The van der Waals surface area contributed by atoms with E-state index in [1.165, 1.54) is 11.8 Å². The van der Waals surface area contributed by atoms with Gasteiger partial charge in [-0.15, -0.1) is 0 Å². The summed E-state index contributed by atoms with van der Waals surface area (Å²) >= 11 is 13.8. The molecule has 1 heterocycles. The van der Waals surface area contributed by atoms with Crippen molar-refractivity contribution in [3.63, 3.8) is 0 Å². The first-order valence-corrected chi connectivity index (χ1v) is 13.6. The normalized spacial score (nSPS) is 11.5. The molecule has 0 amide bonds. The Bertz CT molecular complexity index is 1110. The first-order chi connectivity index (χ1) is 17.8. The zero-order valence-corrected chi connectivity index (χ0v) is 24.8. The van der Waals surface area contributed by atoms with E-state index in [4.69, 9.17) is 47.1 Å². The van der Waals surface area contributed by atoms with E-state index in [1.54, 1.807) is 26.8 Å². The van der Waals surface area contributed by atoms with Crippen LogP contribution < -0.4 is 0 Å². The Morgan fingerprint density at radius 2 is 1.58 bits per heavy atom. The van der Waals surface area contributed by atoms with Gasteiger partial charge in [0.15, 0.2) is 0 Å². The molecule has 0 unspecified atom stereocenters. The van der Waals surface area contributed by atoms with Crippen LogP contribution in [0.25, 0.3) is 0 Å². The van der Waals surface area contributed by atoms with Crippen molar-refractivity contribution in [2.24, 2.45) is 5.41 Å². The molecule has 2 aromatic rings. The van der Waals surface area contributed by atoms with Crippen molar-refractivity contribution < 1.29 is 33.3 Å². The largest absolute Gasteiger partial charge is 0.463 e. The fourth-order valence-corrected chi connectivity index (χ4v) is 4.92. The van der Waals surface area contributed by atoms with Crippen molar-refractivity contribution in [3.05, 3.63) is 39.8 Å². The Labute approximate surface area is 237 Å². The standard InChI is InChI=1S/C26H34Cl2N2O7S/c1-16(2)23-24(38-20-12-18(27)11-19(28)13-20)30(17(3)29-23)14-34-9-10-35-21(31)7-8-22(32)36-15-37-25(33)26(4,5)6/h11-13,16H,7-10,14-15H2,1-6H3. The third kappa shape index (κ3) is 10.5. The van der Waals surface area contributed by atoms with Crippen LogP contribution in [0, 0.1) is 12.3 Å². The van der Waals surface area contributed by atoms with Gasteiger partial charge >= 0.3 is 17.9 Å². The Kier molecular flexibility index (Phi) is 12.4.